The Bertz CT molecular complexity index is 492. The fourth-order valence-corrected chi connectivity index (χ4v) is 3.37. The zero-order valence-corrected chi connectivity index (χ0v) is 12.1. The van der Waals surface area contributed by atoms with E-state index in [2.05, 4.69) is 20.7 Å². The number of hydrogen-bond donors (Lipinski definition) is 3. The van der Waals surface area contributed by atoms with Crippen molar-refractivity contribution in [3.63, 3.8) is 0 Å². The van der Waals surface area contributed by atoms with Crippen LogP contribution in [0.15, 0.2) is 0 Å². The highest BCUT2D eigenvalue weighted by molar-refractivity contribution is 7.99. The number of nitrogens with two attached hydrogens (primary N) is 1. The second-order valence-electron chi connectivity index (χ2n) is 4.67. The van der Waals surface area contributed by atoms with E-state index in [1.54, 1.807) is 6.92 Å². The third-order valence-corrected chi connectivity index (χ3v) is 4.32. The van der Waals surface area contributed by atoms with Crippen molar-refractivity contribution in [1.29, 1.82) is 0 Å². The van der Waals surface area contributed by atoms with Crippen LogP contribution in [-0.4, -0.2) is 32.9 Å². The molecule has 0 aliphatic carbocycles. The van der Waals surface area contributed by atoms with Crippen LogP contribution < -0.4 is 16.6 Å². The first-order chi connectivity index (χ1) is 9.61. The summed E-state index contributed by atoms with van der Waals surface area (Å²) in [5.41, 5.74) is 2.53. The van der Waals surface area contributed by atoms with Gasteiger partial charge in [0.05, 0.1) is 4.92 Å². The minimum absolute atomic E-state index is 0.0887. The Morgan fingerprint density at radius 1 is 1.45 bits per heavy atom. The van der Waals surface area contributed by atoms with E-state index in [9.17, 15) is 10.1 Å². The summed E-state index contributed by atoms with van der Waals surface area (Å²) in [7, 11) is 0. The zero-order chi connectivity index (χ0) is 14.5. The number of aromatic nitrogens is 2. The molecule has 0 bridgehead atoms. The van der Waals surface area contributed by atoms with Gasteiger partial charge in [-0.2, -0.15) is 16.7 Å². The van der Waals surface area contributed by atoms with E-state index in [1.807, 2.05) is 11.8 Å². The highest BCUT2D eigenvalue weighted by Gasteiger charge is 2.23. The van der Waals surface area contributed by atoms with E-state index in [-0.39, 0.29) is 17.5 Å². The third kappa shape index (κ3) is 3.48. The highest BCUT2D eigenvalue weighted by Crippen LogP contribution is 2.28. The van der Waals surface area contributed by atoms with Gasteiger partial charge in [-0.15, -0.1) is 0 Å². The molecule has 0 unspecified atom stereocenters. The molecular formula is C11H18N6O2S. The molecule has 9 heteroatoms. The Kier molecular flexibility index (Phi) is 4.96. The van der Waals surface area contributed by atoms with Crippen molar-refractivity contribution in [3.05, 3.63) is 15.8 Å². The molecule has 0 spiro atoms. The van der Waals surface area contributed by atoms with Crippen LogP contribution in [0.1, 0.15) is 18.5 Å². The van der Waals surface area contributed by atoms with Gasteiger partial charge in [0.25, 0.3) is 0 Å². The quantitative estimate of drug-likeness (QED) is 0.425. The normalized spacial score (nSPS) is 15.9. The summed E-state index contributed by atoms with van der Waals surface area (Å²) in [5, 5.41) is 14.2. The summed E-state index contributed by atoms with van der Waals surface area (Å²) in [5.74, 6) is 8.50. The van der Waals surface area contributed by atoms with Crippen molar-refractivity contribution < 1.29 is 4.92 Å². The van der Waals surface area contributed by atoms with Crippen LogP contribution >= 0.6 is 11.8 Å². The Morgan fingerprint density at radius 3 is 2.75 bits per heavy atom. The lowest BCUT2D eigenvalue weighted by molar-refractivity contribution is -0.385. The summed E-state index contributed by atoms with van der Waals surface area (Å²) in [6.07, 6.45) is 2.25. The summed E-state index contributed by atoms with van der Waals surface area (Å²) in [6.45, 7) is 2.25. The molecule has 0 saturated carbocycles. The van der Waals surface area contributed by atoms with Crippen LogP contribution in [0.5, 0.6) is 0 Å². The molecule has 8 nitrogen and oxygen atoms in total. The summed E-state index contributed by atoms with van der Waals surface area (Å²) in [6, 6.07) is 0. The molecule has 1 fully saturated rings. The third-order valence-electron chi connectivity index (χ3n) is 3.27. The fraction of sp³-hybridized carbons (Fsp3) is 0.636. The minimum atomic E-state index is -0.464. The lowest BCUT2D eigenvalue weighted by Crippen LogP contribution is -2.21. The molecule has 2 heterocycles. The Balaban J connectivity index is 2.15. The molecule has 20 heavy (non-hydrogen) atoms. The topological polar surface area (TPSA) is 119 Å². The molecule has 110 valence electrons. The molecule has 0 aromatic carbocycles. The van der Waals surface area contributed by atoms with Gasteiger partial charge in [-0.05, 0) is 37.2 Å². The second-order valence-corrected chi connectivity index (χ2v) is 5.89. The number of nitrogens with one attached hydrogen (secondary N) is 2. The van der Waals surface area contributed by atoms with Gasteiger partial charge in [-0.25, -0.2) is 10.8 Å². The van der Waals surface area contributed by atoms with Gasteiger partial charge in [0.2, 0.25) is 11.8 Å². The predicted molar refractivity (Wildman–Crippen MR) is 79.8 cm³/mol. The second kappa shape index (κ2) is 6.71. The number of nitrogens with zero attached hydrogens (tertiary/aromatic N) is 3. The monoisotopic (exact) mass is 298 g/mol. The number of nitrogen functional groups attached to an aromatic ring is 1. The van der Waals surface area contributed by atoms with Crippen molar-refractivity contribution in [2.75, 3.05) is 28.8 Å². The van der Waals surface area contributed by atoms with E-state index >= 15 is 0 Å². The smallest absolute Gasteiger partial charge is 0.332 e. The first kappa shape index (κ1) is 14.8. The van der Waals surface area contributed by atoms with Gasteiger partial charge in [0, 0.05) is 6.54 Å². The van der Waals surface area contributed by atoms with E-state index in [0.717, 1.165) is 24.3 Å². The number of rotatable bonds is 5. The number of aryl methyl sites for hydroxylation is 1. The molecule has 0 radical (unpaired) electrons. The average molecular weight is 298 g/mol. The van der Waals surface area contributed by atoms with E-state index in [4.69, 9.17) is 5.84 Å². The van der Waals surface area contributed by atoms with Crippen LogP contribution in [0.4, 0.5) is 17.5 Å². The lowest BCUT2D eigenvalue weighted by atomic mass is 10.0. The van der Waals surface area contributed by atoms with Gasteiger partial charge in [-0.3, -0.25) is 15.5 Å². The average Bonchev–Trinajstić information content (AvgIpc) is 2.45. The standard InChI is InChI=1S/C11H18N6O2S/c1-7-9(17(18)19)10(15-11(14-7)16-12)13-6-8-2-4-20-5-3-8/h8H,2-6,12H2,1H3,(H2,13,14,15,16). The molecule has 1 aromatic heterocycles. The molecule has 1 aliphatic rings. The van der Waals surface area contributed by atoms with E-state index in [1.165, 1.54) is 0 Å². The molecule has 1 aliphatic heterocycles. The van der Waals surface area contributed by atoms with Crippen molar-refractivity contribution in [2.24, 2.45) is 11.8 Å². The molecule has 1 aromatic rings. The highest BCUT2D eigenvalue weighted by atomic mass is 32.2. The van der Waals surface area contributed by atoms with Gasteiger partial charge in [0.1, 0.15) is 5.69 Å². The number of thioether (sulfide) groups is 1. The van der Waals surface area contributed by atoms with Gasteiger partial charge in [-0.1, -0.05) is 0 Å². The Hall–Kier alpha value is -1.61. The maximum Gasteiger partial charge on any atom is 0.332 e. The molecule has 1 saturated heterocycles. The number of hydrogen-bond acceptors (Lipinski definition) is 8. The Labute approximate surface area is 121 Å². The van der Waals surface area contributed by atoms with Crippen molar-refractivity contribution >= 4 is 29.2 Å². The SMILES string of the molecule is Cc1nc(NN)nc(NCC2CCSCC2)c1[N+](=O)[O-]. The summed E-state index contributed by atoms with van der Waals surface area (Å²) < 4.78 is 0. The summed E-state index contributed by atoms with van der Waals surface area (Å²) >= 11 is 1.95. The van der Waals surface area contributed by atoms with E-state index in [0.29, 0.717) is 18.2 Å². The first-order valence-corrected chi connectivity index (χ1v) is 7.58. The molecular weight excluding hydrogens is 280 g/mol. The van der Waals surface area contributed by atoms with E-state index < -0.39 is 4.92 Å². The summed E-state index contributed by atoms with van der Waals surface area (Å²) in [4.78, 5) is 18.6. The number of hydrazine groups is 1. The lowest BCUT2D eigenvalue weighted by Gasteiger charge is -2.21. The fourth-order valence-electron chi connectivity index (χ4n) is 2.16. The van der Waals surface area contributed by atoms with Crippen LogP contribution in [0.25, 0.3) is 0 Å². The first-order valence-electron chi connectivity index (χ1n) is 6.43. The van der Waals surface area contributed by atoms with Crippen molar-refractivity contribution in [2.45, 2.75) is 19.8 Å². The van der Waals surface area contributed by atoms with Crippen LogP contribution in [0.3, 0.4) is 0 Å². The van der Waals surface area contributed by atoms with Crippen LogP contribution in [-0.2, 0) is 0 Å². The molecule has 0 atom stereocenters. The maximum atomic E-state index is 11.1. The molecule has 0 amide bonds. The van der Waals surface area contributed by atoms with Crippen LogP contribution in [0, 0.1) is 23.0 Å². The zero-order valence-electron chi connectivity index (χ0n) is 11.3. The number of nitro groups is 1. The molecule has 4 N–H and O–H groups in total. The van der Waals surface area contributed by atoms with Gasteiger partial charge < -0.3 is 5.32 Å². The van der Waals surface area contributed by atoms with Gasteiger partial charge >= 0.3 is 5.69 Å². The van der Waals surface area contributed by atoms with Crippen LogP contribution in [0.2, 0.25) is 0 Å². The van der Waals surface area contributed by atoms with Crippen molar-refractivity contribution in [3.8, 4) is 0 Å². The maximum absolute atomic E-state index is 11.1. The predicted octanol–water partition coefficient (Wildman–Crippen LogP) is 1.53. The largest absolute Gasteiger partial charge is 0.364 e. The van der Waals surface area contributed by atoms with Gasteiger partial charge in [0.15, 0.2) is 0 Å². The van der Waals surface area contributed by atoms with Crippen molar-refractivity contribution in [1.82, 2.24) is 9.97 Å². The minimum Gasteiger partial charge on any atom is -0.364 e. The molecule has 2 rings (SSSR count). The number of anilines is 2. The Morgan fingerprint density at radius 2 is 2.15 bits per heavy atom.